The second-order valence-electron chi connectivity index (χ2n) is 8.37. The number of carbonyl (C=O) groups excluding carboxylic acids is 2. The predicted molar refractivity (Wildman–Crippen MR) is 117 cm³/mol. The Morgan fingerprint density at radius 3 is 2.52 bits per heavy atom. The van der Waals surface area contributed by atoms with Gasteiger partial charge in [-0.1, -0.05) is 37.3 Å². The van der Waals surface area contributed by atoms with E-state index >= 15 is 0 Å². The number of benzene rings is 2. The van der Waals surface area contributed by atoms with E-state index < -0.39 is 0 Å². The molecule has 3 amide bonds. The van der Waals surface area contributed by atoms with E-state index in [9.17, 15) is 9.59 Å². The van der Waals surface area contributed by atoms with Gasteiger partial charge in [-0.15, -0.1) is 0 Å². The number of carbonyl (C=O) groups is 2. The average molecular weight is 392 g/mol. The first kappa shape index (κ1) is 19.5. The molecule has 0 unspecified atom stereocenters. The summed E-state index contributed by atoms with van der Waals surface area (Å²) in [6.07, 6.45) is 2.25. The van der Waals surface area contributed by atoms with Gasteiger partial charge in [0.15, 0.2) is 0 Å². The fourth-order valence-corrected chi connectivity index (χ4v) is 4.67. The van der Waals surface area contributed by atoms with Gasteiger partial charge in [0.1, 0.15) is 0 Å². The first-order valence-electron chi connectivity index (χ1n) is 10.5. The Labute approximate surface area is 172 Å². The van der Waals surface area contributed by atoms with Gasteiger partial charge in [-0.2, -0.15) is 0 Å². The van der Waals surface area contributed by atoms with E-state index in [1.807, 2.05) is 48.8 Å². The van der Waals surface area contributed by atoms with Gasteiger partial charge < -0.3 is 15.1 Å². The summed E-state index contributed by atoms with van der Waals surface area (Å²) in [5.41, 5.74) is 5.34. The number of amides is 3. The largest absolute Gasteiger partial charge is 0.324 e. The topological polar surface area (TPSA) is 52.7 Å². The summed E-state index contributed by atoms with van der Waals surface area (Å²) in [5, 5.41) is 3.08. The molecular formula is C24H29N3O2. The molecule has 0 aromatic heterocycles. The first-order chi connectivity index (χ1) is 13.9. The van der Waals surface area contributed by atoms with Crippen LogP contribution in [-0.2, 0) is 10.2 Å². The fourth-order valence-electron chi connectivity index (χ4n) is 4.67. The molecule has 0 radical (unpaired) electrons. The van der Waals surface area contributed by atoms with Gasteiger partial charge in [0, 0.05) is 42.8 Å². The highest BCUT2D eigenvalue weighted by Gasteiger charge is 2.46. The second-order valence-corrected chi connectivity index (χ2v) is 8.37. The molecule has 0 atom stereocenters. The zero-order chi connectivity index (χ0) is 20.6. The number of likely N-dealkylation sites (tertiary alicyclic amines) is 1. The summed E-state index contributed by atoms with van der Waals surface area (Å²) >= 11 is 0. The summed E-state index contributed by atoms with van der Waals surface area (Å²) in [6.45, 7) is 8.07. The fraction of sp³-hybridized carbons (Fsp3) is 0.417. The molecular weight excluding hydrogens is 362 g/mol. The zero-order valence-electron chi connectivity index (χ0n) is 17.5. The van der Waals surface area contributed by atoms with Crippen LogP contribution in [0, 0.1) is 13.8 Å². The maximum absolute atomic E-state index is 12.8. The third-order valence-corrected chi connectivity index (χ3v) is 6.47. The number of rotatable bonds is 2. The zero-order valence-corrected chi connectivity index (χ0v) is 17.5. The van der Waals surface area contributed by atoms with Crippen molar-refractivity contribution in [3.05, 3.63) is 59.2 Å². The minimum atomic E-state index is -0.0442. The maximum Gasteiger partial charge on any atom is 0.321 e. The van der Waals surface area contributed by atoms with Crippen molar-refractivity contribution in [2.45, 2.75) is 45.4 Å². The van der Waals surface area contributed by atoms with E-state index in [4.69, 9.17) is 0 Å². The smallest absolute Gasteiger partial charge is 0.321 e. The van der Waals surface area contributed by atoms with Crippen molar-refractivity contribution in [1.29, 1.82) is 0 Å². The van der Waals surface area contributed by atoms with E-state index in [2.05, 4.69) is 29.6 Å². The number of aryl methyl sites for hydroxylation is 2. The number of urea groups is 1. The van der Waals surface area contributed by atoms with Gasteiger partial charge in [0.2, 0.25) is 5.91 Å². The first-order valence-corrected chi connectivity index (χ1v) is 10.5. The van der Waals surface area contributed by atoms with Crippen molar-refractivity contribution < 1.29 is 9.59 Å². The van der Waals surface area contributed by atoms with E-state index in [0.717, 1.165) is 41.9 Å². The molecule has 0 bridgehead atoms. The molecule has 152 valence electrons. The normalized spacial score (nSPS) is 17.3. The number of nitrogens with zero attached hydrogens (tertiary/aromatic N) is 2. The minimum absolute atomic E-state index is 0.0404. The Morgan fingerprint density at radius 2 is 1.79 bits per heavy atom. The Bertz CT molecular complexity index is 945. The Balaban J connectivity index is 1.48. The minimum Gasteiger partial charge on any atom is -0.324 e. The van der Waals surface area contributed by atoms with Crippen molar-refractivity contribution in [1.82, 2.24) is 4.90 Å². The molecule has 5 heteroatoms. The predicted octanol–water partition coefficient (Wildman–Crippen LogP) is 4.63. The van der Waals surface area contributed by atoms with Gasteiger partial charge in [-0.05, 0) is 55.5 Å². The number of para-hydroxylation sites is 1. The maximum atomic E-state index is 12.8. The van der Waals surface area contributed by atoms with Gasteiger partial charge in [-0.25, -0.2) is 4.79 Å². The molecule has 29 heavy (non-hydrogen) atoms. The number of piperidine rings is 1. The van der Waals surface area contributed by atoms with Crippen LogP contribution in [0.25, 0.3) is 0 Å². The van der Waals surface area contributed by atoms with Crippen LogP contribution < -0.4 is 10.2 Å². The molecule has 2 aromatic carbocycles. The number of fused-ring (bicyclic) bond motifs is 2. The molecule has 1 saturated heterocycles. The van der Waals surface area contributed by atoms with Crippen LogP contribution in [0.3, 0.4) is 0 Å². The molecule has 2 aliphatic heterocycles. The summed E-state index contributed by atoms with van der Waals surface area (Å²) in [4.78, 5) is 29.2. The van der Waals surface area contributed by atoms with Crippen molar-refractivity contribution in [3.8, 4) is 0 Å². The van der Waals surface area contributed by atoms with Gasteiger partial charge in [0.25, 0.3) is 0 Å². The van der Waals surface area contributed by atoms with E-state index in [-0.39, 0.29) is 17.4 Å². The number of nitrogens with one attached hydrogen (secondary N) is 1. The molecule has 2 aromatic rings. The molecule has 2 aliphatic rings. The lowest BCUT2D eigenvalue weighted by Gasteiger charge is -2.39. The number of hydrogen-bond donors (Lipinski definition) is 1. The summed E-state index contributed by atoms with van der Waals surface area (Å²) in [7, 11) is 0. The summed E-state index contributed by atoms with van der Waals surface area (Å²) in [6, 6.07) is 14.3. The standard InChI is InChI=1S/C24H29N3O2/c1-4-22(28)27-16-24(19-7-5-6-8-21(19)27)11-13-26(14-12-24)23(29)25-20-15-17(2)9-10-18(20)3/h5-10,15H,4,11-14,16H2,1-3H3,(H,25,29). The van der Waals surface area contributed by atoms with E-state index in [0.29, 0.717) is 19.5 Å². The van der Waals surface area contributed by atoms with Gasteiger partial charge >= 0.3 is 6.03 Å². The van der Waals surface area contributed by atoms with Crippen LogP contribution in [0.1, 0.15) is 42.9 Å². The van der Waals surface area contributed by atoms with Crippen molar-refractivity contribution >= 4 is 23.3 Å². The molecule has 5 nitrogen and oxygen atoms in total. The summed E-state index contributed by atoms with van der Waals surface area (Å²) < 4.78 is 0. The quantitative estimate of drug-likeness (QED) is 0.812. The Morgan fingerprint density at radius 1 is 1.07 bits per heavy atom. The Kier molecular flexibility index (Phi) is 5.07. The van der Waals surface area contributed by atoms with Crippen molar-refractivity contribution in [2.24, 2.45) is 0 Å². The molecule has 0 saturated carbocycles. The molecule has 1 N–H and O–H groups in total. The van der Waals surface area contributed by atoms with E-state index in [1.165, 1.54) is 5.56 Å². The second kappa shape index (κ2) is 7.54. The van der Waals surface area contributed by atoms with Crippen LogP contribution >= 0.6 is 0 Å². The van der Waals surface area contributed by atoms with Gasteiger partial charge in [-0.3, -0.25) is 4.79 Å². The molecule has 2 heterocycles. The highest BCUT2D eigenvalue weighted by atomic mass is 16.2. The van der Waals surface area contributed by atoms with Gasteiger partial charge in [0.05, 0.1) is 0 Å². The molecule has 4 rings (SSSR count). The SMILES string of the molecule is CCC(=O)N1CC2(CCN(C(=O)Nc3cc(C)ccc3C)CC2)c2ccccc21. The third kappa shape index (κ3) is 3.50. The highest BCUT2D eigenvalue weighted by molar-refractivity contribution is 5.96. The molecule has 0 aliphatic carbocycles. The highest BCUT2D eigenvalue weighted by Crippen LogP contribution is 2.47. The monoisotopic (exact) mass is 391 g/mol. The number of hydrogen-bond acceptors (Lipinski definition) is 2. The van der Waals surface area contributed by atoms with E-state index in [1.54, 1.807) is 0 Å². The summed E-state index contributed by atoms with van der Waals surface area (Å²) in [5.74, 6) is 0.171. The van der Waals surface area contributed by atoms with Crippen LogP contribution in [0.4, 0.5) is 16.2 Å². The lowest BCUT2D eigenvalue weighted by molar-refractivity contribution is -0.118. The lowest BCUT2D eigenvalue weighted by atomic mass is 9.74. The average Bonchev–Trinajstić information content (AvgIpc) is 3.05. The number of anilines is 2. The van der Waals surface area contributed by atoms with Crippen LogP contribution in [0.5, 0.6) is 0 Å². The van der Waals surface area contributed by atoms with Crippen molar-refractivity contribution in [2.75, 3.05) is 29.9 Å². The van der Waals surface area contributed by atoms with Crippen LogP contribution in [-0.4, -0.2) is 36.5 Å². The lowest BCUT2D eigenvalue weighted by Crippen LogP contribution is -2.48. The van der Waals surface area contributed by atoms with Crippen LogP contribution in [0.15, 0.2) is 42.5 Å². The third-order valence-electron chi connectivity index (χ3n) is 6.47. The van der Waals surface area contributed by atoms with Crippen molar-refractivity contribution in [3.63, 3.8) is 0 Å². The molecule has 1 fully saturated rings. The Hall–Kier alpha value is -2.82. The van der Waals surface area contributed by atoms with Crippen LogP contribution in [0.2, 0.25) is 0 Å². The molecule has 1 spiro atoms.